The van der Waals surface area contributed by atoms with Gasteiger partial charge < -0.3 is 10.2 Å². The molecule has 4 aromatic carbocycles. The summed E-state index contributed by atoms with van der Waals surface area (Å²) >= 11 is 0. The van der Waals surface area contributed by atoms with Crippen LogP contribution in [0.2, 0.25) is 0 Å². The quantitative estimate of drug-likeness (QED) is 0.467. The molecule has 1 N–H and O–H groups in total. The predicted molar refractivity (Wildman–Crippen MR) is 130 cm³/mol. The van der Waals surface area contributed by atoms with Gasteiger partial charge in [-0.05, 0) is 42.0 Å². The van der Waals surface area contributed by atoms with Crippen molar-refractivity contribution in [3.8, 4) is 0 Å². The number of nitrogens with one attached hydrogen (secondary N) is 1. The summed E-state index contributed by atoms with van der Waals surface area (Å²) in [5.74, 6) is 0.889. The van der Waals surface area contributed by atoms with Gasteiger partial charge >= 0.3 is 0 Å². The first-order valence-electron chi connectivity index (χ1n) is 10.4. The molecule has 5 rings (SSSR count). The molecule has 160 valence electrons. The summed E-state index contributed by atoms with van der Waals surface area (Å²) in [6.45, 7) is 0.659. The highest BCUT2D eigenvalue weighted by Gasteiger charge is 2.22. The molecule has 1 aliphatic heterocycles. The van der Waals surface area contributed by atoms with Gasteiger partial charge in [-0.3, -0.25) is 4.99 Å². The lowest BCUT2D eigenvalue weighted by Crippen LogP contribution is -2.16. The standard InChI is InChI=1S/C26H23N3O2S/c1-27-26-22-10-6-9-21-24(16-15-23(28-26)25(21)22)29(2)17-18-11-13-20(14-12-18)32(30,31)19-7-4-3-5-8-19/h3-16H,17H2,1-2H3,(H,27,28). The third-order valence-electron chi connectivity index (χ3n) is 5.87. The van der Waals surface area contributed by atoms with Crippen LogP contribution in [0, 0.1) is 0 Å². The Morgan fingerprint density at radius 2 is 1.56 bits per heavy atom. The minimum absolute atomic E-state index is 0.304. The third-order valence-corrected chi connectivity index (χ3v) is 7.65. The van der Waals surface area contributed by atoms with Crippen molar-refractivity contribution in [2.24, 2.45) is 4.99 Å². The van der Waals surface area contributed by atoms with E-state index in [0.717, 1.165) is 33.7 Å². The molecule has 0 saturated heterocycles. The first-order chi connectivity index (χ1) is 15.5. The number of nitrogens with zero attached hydrogens (tertiary/aromatic N) is 2. The Hall–Kier alpha value is -3.64. The van der Waals surface area contributed by atoms with E-state index in [-0.39, 0.29) is 0 Å². The molecule has 0 amide bonds. The van der Waals surface area contributed by atoms with Crippen LogP contribution in [0.15, 0.2) is 99.7 Å². The van der Waals surface area contributed by atoms with Crippen molar-refractivity contribution in [1.29, 1.82) is 0 Å². The Kier molecular flexibility index (Phi) is 4.94. The number of sulfone groups is 1. The van der Waals surface area contributed by atoms with Crippen molar-refractivity contribution in [1.82, 2.24) is 0 Å². The van der Waals surface area contributed by atoms with Crippen LogP contribution in [0.3, 0.4) is 0 Å². The highest BCUT2D eigenvalue weighted by Crippen LogP contribution is 2.38. The highest BCUT2D eigenvalue weighted by atomic mass is 32.2. The fourth-order valence-corrected chi connectivity index (χ4v) is 5.55. The second-order valence-electron chi connectivity index (χ2n) is 7.87. The Bertz CT molecular complexity index is 1440. The van der Waals surface area contributed by atoms with Crippen molar-refractivity contribution < 1.29 is 8.42 Å². The summed E-state index contributed by atoms with van der Waals surface area (Å²) in [6, 6.07) is 26.1. The Morgan fingerprint density at radius 1 is 0.844 bits per heavy atom. The van der Waals surface area contributed by atoms with Crippen LogP contribution in [0.4, 0.5) is 11.4 Å². The number of amidine groups is 1. The summed E-state index contributed by atoms with van der Waals surface area (Å²) in [5.41, 5.74) is 4.34. The molecule has 32 heavy (non-hydrogen) atoms. The second kappa shape index (κ2) is 7.80. The maximum Gasteiger partial charge on any atom is 0.206 e. The van der Waals surface area contributed by atoms with E-state index in [4.69, 9.17) is 0 Å². The van der Waals surface area contributed by atoms with Gasteiger partial charge in [0.05, 0.1) is 9.79 Å². The summed E-state index contributed by atoms with van der Waals surface area (Å²) in [7, 11) is 0.338. The molecule has 6 heteroatoms. The molecule has 0 aliphatic carbocycles. The Morgan fingerprint density at radius 3 is 2.28 bits per heavy atom. The number of aliphatic imine (C=N–C) groups is 1. The van der Waals surface area contributed by atoms with Crippen molar-refractivity contribution in [3.05, 3.63) is 96.1 Å². The van der Waals surface area contributed by atoms with Gasteiger partial charge in [0.25, 0.3) is 0 Å². The minimum atomic E-state index is -3.51. The zero-order valence-electron chi connectivity index (χ0n) is 17.9. The van der Waals surface area contributed by atoms with E-state index in [0.29, 0.717) is 16.3 Å². The van der Waals surface area contributed by atoms with Gasteiger partial charge in [0.15, 0.2) is 0 Å². The van der Waals surface area contributed by atoms with Crippen LogP contribution in [-0.4, -0.2) is 28.3 Å². The van der Waals surface area contributed by atoms with Gasteiger partial charge in [-0.2, -0.15) is 0 Å². The number of rotatable bonds is 5. The first-order valence-corrected chi connectivity index (χ1v) is 11.9. The summed E-state index contributed by atoms with van der Waals surface area (Å²) in [6.07, 6.45) is 0. The van der Waals surface area contributed by atoms with Gasteiger partial charge in [0, 0.05) is 48.4 Å². The van der Waals surface area contributed by atoms with E-state index in [9.17, 15) is 8.42 Å². The molecular weight excluding hydrogens is 418 g/mol. The van der Waals surface area contributed by atoms with Crippen molar-refractivity contribution in [2.75, 3.05) is 24.3 Å². The van der Waals surface area contributed by atoms with Gasteiger partial charge in [0.1, 0.15) is 5.84 Å². The molecule has 0 saturated carbocycles. The highest BCUT2D eigenvalue weighted by molar-refractivity contribution is 7.91. The average molecular weight is 442 g/mol. The number of benzene rings is 4. The van der Waals surface area contributed by atoms with E-state index in [2.05, 4.69) is 52.6 Å². The van der Waals surface area contributed by atoms with Crippen molar-refractivity contribution >= 4 is 37.8 Å². The van der Waals surface area contributed by atoms with E-state index in [1.165, 1.54) is 5.39 Å². The lowest BCUT2D eigenvalue weighted by molar-refractivity contribution is 0.596. The largest absolute Gasteiger partial charge is 0.370 e. The molecule has 0 atom stereocenters. The molecule has 0 bridgehead atoms. The summed E-state index contributed by atoms with van der Waals surface area (Å²) < 4.78 is 25.7. The fourth-order valence-electron chi connectivity index (χ4n) is 4.27. The fraction of sp³-hybridized carbons (Fsp3) is 0.115. The van der Waals surface area contributed by atoms with Crippen LogP contribution in [0.1, 0.15) is 11.1 Å². The molecule has 0 unspecified atom stereocenters. The zero-order valence-corrected chi connectivity index (χ0v) is 18.7. The first kappa shape index (κ1) is 20.3. The molecule has 0 radical (unpaired) electrons. The summed E-state index contributed by atoms with van der Waals surface area (Å²) in [4.78, 5) is 7.16. The Labute approximate surface area is 188 Å². The lowest BCUT2D eigenvalue weighted by Gasteiger charge is -2.22. The molecule has 0 fully saturated rings. The Balaban J connectivity index is 1.43. The number of anilines is 2. The second-order valence-corrected chi connectivity index (χ2v) is 9.82. The maximum atomic E-state index is 12.8. The van der Waals surface area contributed by atoms with Crippen LogP contribution in [-0.2, 0) is 16.4 Å². The smallest absolute Gasteiger partial charge is 0.206 e. The van der Waals surface area contributed by atoms with Gasteiger partial charge in [-0.1, -0.05) is 48.5 Å². The molecule has 4 aromatic rings. The van der Waals surface area contributed by atoms with Crippen molar-refractivity contribution in [3.63, 3.8) is 0 Å². The lowest BCUT2D eigenvalue weighted by atomic mass is 10.0. The normalized spacial score (nSPS) is 14.0. The van der Waals surface area contributed by atoms with Crippen LogP contribution >= 0.6 is 0 Å². The number of hydrogen-bond donors (Lipinski definition) is 1. The molecule has 5 nitrogen and oxygen atoms in total. The number of hydrogen-bond acceptors (Lipinski definition) is 4. The van der Waals surface area contributed by atoms with Crippen LogP contribution in [0.25, 0.3) is 10.8 Å². The minimum Gasteiger partial charge on any atom is -0.370 e. The molecule has 1 aliphatic rings. The van der Waals surface area contributed by atoms with E-state index in [1.807, 2.05) is 18.2 Å². The maximum absolute atomic E-state index is 12.8. The van der Waals surface area contributed by atoms with Gasteiger partial charge in [-0.15, -0.1) is 0 Å². The predicted octanol–water partition coefficient (Wildman–Crippen LogP) is 5.11. The third kappa shape index (κ3) is 3.33. The van der Waals surface area contributed by atoms with Gasteiger partial charge in [-0.25, -0.2) is 8.42 Å². The SMILES string of the molecule is CN=C1Nc2ccc(N(C)Cc3ccc(S(=O)(=O)c4ccccc4)cc3)c3cccc1c23. The van der Waals surface area contributed by atoms with Gasteiger partial charge in [0.2, 0.25) is 9.84 Å². The molecule has 0 spiro atoms. The van der Waals surface area contributed by atoms with E-state index in [1.54, 1.807) is 43.4 Å². The zero-order chi connectivity index (χ0) is 22.3. The van der Waals surface area contributed by atoms with Crippen molar-refractivity contribution in [2.45, 2.75) is 16.3 Å². The topological polar surface area (TPSA) is 61.8 Å². The molecule has 0 aromatic heterocycles. The van der Waals surface area contributed by atoms with E-state index < -0.39 is 9.84 Å². The average Bonchev–Trinajstić information content (AvgIpc) is 3.20. The summed E-state index contributed by atoms with van der Waals surface area (Å²) in [5, 5.41) is 5.73. The monoisotopic (exact) mass is 441 g/mol. The van der Waals surface area contributed by atoms with Crippen LogP contribution in [0.5, 0.6) is 0 Å². The molecule has 1 heterocycles. The molecular formula is C26H23N3O2S. The van der Waals surface area contributed by atoms with Crippen LogP contribution < -0.4 is 10.2 Å². The van der Waals surface area contributed by atoms with E-state index >= 15 is 0 Å².